The van der Waals surface area contributed by atoms with E-state index in [9.17, 15) is 24.1 Å². The Balaban J connectivity index is 0.869. The monoisotopic (exact) mass is 728 g/mol. The van der Waals surface area contributed by atoms with Gasteiger partial charge in [-0.3, -0.25) is 19.2 Å². The molecule has 1 aliphatic heterocycles. The van der Waals surface area contributed by atoms with Gasteiger partial charge >= 0.3 is 0 Å². The molecule has 1 aliphatic rings. The lowest BCUT2D eigenvalue weighted by molar-refractivity contribution is -0.121. The van der Waals surface area contributed by atoms with Crippen molar-refractivity contribution in [2.24, 2.45) is 5.18 Å². The number of thiocarbonyl (C=S) groups is 1. The fraction of sp³-hybridized carbons (Fsp3) is 0.286. The van der Waals surface area contributed by atoms with E-state index in [2.05, 4.69) is 42.1 Å². The van der Waals surface area contributed by atoms with E-state index in [1.165, 1.54) is 17.8 Å². The molecule has 0 unspecified atom stereocenters. The Morgan fingerprint density at radius 3 is 2.02 bits per heavy atom. The molecule has 0 spiro atoms. The topological polar surface area (TPSA) is 197 Å². The van der Waals surface area contributed by atoms with E-state index in [1.54, 1.807) is 60.7 Å². The molecule has 2 heterocycles. The van der Waals surface area contributed by atoms with Crippen LogP contribution < -0.4 is 26.6 Å². The normalized spacial score (nSPS) is 13.2. The standard InChI is InChI=1S/C35H36N8O6S2/c44-29(36-18-5-2-6-20-38-32(45)23-10-8-22(9-11-23)21-28-34(47)40-35(50)51-28)7-3-1-4-19-37-33(46)24-12-14-25(15-13-24)39-26-16-17-27(41-48)31-30(26)42-49-43-31/h8-17,21,39H,1-7,18-20H2,(H,36,44)(H,37,46)(H,38,45)(H,40,47,50)/b28-21-. The van der Waals surface area contributed by atoms with Gasteiger partial charge in [-0.1, -0.05) is 42.5 Å². The molecule has 264 valence electrons. The predicted molar refractivity (Wildman–Crippen MR) is 200 cm³/mol. The Morgan fingerprint density at radius 1 is 0.784 bits per heavy atom. The number of nitrogens with zero attached hydrogens (tertiary/aromatic N) is 3. The molecule has 16 heteroatoms. The van der Waals surface area contributed by atoms with Gasteiger partial charge in [0.1, 0.15) is 10.0 Å². The minimum absolute atomic E-state index is 0.00638. The molecule has 4 aromatic rings. The summed E-state index contributed by atoms with van der Waals surface area (Å²) in [4.78, 5) is 60.4. The maximum Gasteiger partial charge on any atom is 0.263 e. The minimum atomic E-state index is -0.216. The van der Waals surface area contributed by atoms with Crippen molar-refractivity contribution in [2.45, 2.75) is 44.9 Å². The number of amides is 4. The molecule has 5 rings (SSSR count). The first-order chi connectivity index (χ1) is 24.8. The fourth-order valence-electron chi connectivity index (χ4n) is 5.13. The Kier molecular flexibility index (Phi) is 13.3. The number of benzene rings is 3. The van der Waals surface area contributed by atoms with Gasteiger partial charge in [-0.2, -0.15) is 0 Å². The van der Waals surface area contributed by atoms with Gasteiger partial charge in [0.05, 0.1) is 10.6 Å². The third-order valence-electron chi connectivity index (χ3n) is 7.86. The Morgan fingerprint density at radius 2 is 1.39 bits per heavy atom. The Bertz CT molecular complexity index is 1930. The van der Waals surface area contributed by atoms with Crippen molar-refractivity contribution in [3.63, 3.8) is 0 Å². The van der Waals surface area contributed by atoms with Gasteiger partial charge in [0.15, 0.2) is 11.0 Å². The van der Waals surface area contributed by atoms with Crippen LogP contribution in [0.3, 0.4) is 0 Å². The lowest BCUT2D eigenvalue weighted by Gasteiger charge is -2.09. The molecule has 0 aliphatic carbocycles. The van der Waals surface area contributed by atoms with Crippen LogP contribution in [0.4, 0.5) is 17.1 Å². The van der Waals surface area contributed by atoms with Crippen LogP contribution in [0.1, 0.15) is 71.2 Å². The molecule has 0 bridgehead atoms. The number of thioether (sulfide) groups is 1. The van der Waals surface area contributed by atoms with Crippen LogP contribution >= 0.6 is 24.0 Å². The summed E-state index contributed by atoms with van der Waals surface area (Å²) < 4.78 is 5.17. The minimum Gasteiger partial charge on any atom is -0.356 e. The number of fused-ring (bicyclic) bond motifs is 1. The molecule has 5 N–H and O–H groups in total. The highest BCUT2D eigenvalue weighted by molar-refractivity contribution is 8.26. The van der Waals surface area contributed by atoms with E-state index >= 15 is 0 Å². The number of aromatic nitrogens is 2. The number of carbonyl (C=O) groups excluding carboxylic acids is 4. The first-order valence-electron chi connectivity index (χ1n) is 16.4. The van der Waals surface area contributed by atoms with Crippen molar-refractivity contribution in [3.05, 3.63) is 87.2 Å². The van der Waals surface area contributed by atoms with E-state index in [-0.39, 0.29) is 34.8 Å². The van der Waals surface area contributed by atoms with Crippen molar-refractivity contribution in [3.8, 4) is 0 Å². The first-order valence-corrected chi connectivity index (χ1v) is 17.7. The van der Waals surface area contributed by atoms with E-state index in [4.69, 9.17) is 16.8 Å². The highest BCUT2D eigenvalue weighted by atomic mass is 32.2. The molecule has 0 saturated carbocycles. The average molecular weight is 729 g/mol. The first kappa shape index (κ1) is 36.8. The summed E-state index contributed by atoms with van der Waals surface area (Å²) >= 11 is 6.21. The van der Waals surface area contributed by atoms with Gasteiger partial charge in [-0.25, -0.2) is 4.63 Å². The summed E-state index contributed by atoms with van der Waals surface area (Å²) in [5, 5.41) is 25.0. The molecular weight excluding hydrogens is 693 g/mol. The van der Waals surface area contributed by atoms with Crippen molar-refractivity contribution in [1.82, 2.24) is 31.6 Å². The number of unbranched alkanes of at least 4 members (excludes halogenated alkanes) is 4. The van der Waals surface area contributed by atoms with Gasteiger partial charge in [-0.15, -0.1) is 4.91 Å². The predicted octanol–water partition coefficient (Wildman–Crippen LogP) is 5.86. The number of hydrogen-bond donors (Lipinski definition) is 5. The van der Waals surface area contributed by atoms with Crippen molar-refractivity contribution < 1.29 is 23.8 Å². The van der Waals surface area contributed by atoms with Gasteiger partial charge in [-0.05, 0) is 108 Å². The Labute approximate surface area is 302 Å². The van der Waals surface area contributed by atoms with Crippen LogP contribution in [0.15, 0.2) is 75.4 Å². The molecule has 51 heavy (non-hydrogen) atoms. The fourth-order valence-corrected chi connectivity index (χ4v) is 6.17. The van der Waals surface area contributed by atoms with E-state index in [0.717, 1.165) is 44.1 Å². The molecule has 4 amide bonds. The van der Waals surface area contributed by atoms with Gasteiger partial charge in [0.2, 0.25) is 5.91 Å². The van der Waals surface area contributed by atoms with E-state index in [1.807, 2.05) is 0 Å². The van der Waals surface area contributed by atoms with Crippen molar-refractivity contribution >= 4 is 86.1 Å². The zero-order chi connectivity index (χ0) is 36.0. The molecule has 3 aromatic carbocycles. The number of rotatable bonds is 18. The second-order valence-electron chi connectivity index (χ2n) is 11.6. The van der Waals surface area contributed by atoms with Crippen LogP contribution in [0, 0.1) is 4.91 Å². The number of nitroso groups, excluding NO2 is 1. The van der Waals surface area contributed by atoms with Crippen LogP contribution in [0.2, 0.25) is 0 Å². The lowest BCUT2D eigenvalue weighted by atomic mass is 10.1. The zero-order valence-corrected chi connectivity index (χ0v) is 29.2. The quantitative estimate of drug-likeness (QED) is 0.0356. The van der Waals surface area contributed by atoms with Crippen LogP contribution in [-0.4, -0.2) is 57.9 Å². The number of nitrogens with one attached hydrogen (secondary N) is 5. The summed E-state index contributed by atoms with van der Waals surface area (Å²) in [5.74, 6) is -0.558. The summed E-state index contributed by atoms with van der Waals surface area (Å²) in [7, 11) is 0. The Hall–Kier alpha value is -5.48. The molecule has 1 fully saturated rings. The van der Waals surface area contributed by atoms with Crippen LogP contribution in [0.5, 0.6) is 0 Å². The number of anilines is 2. The zero-order valence-electron chi connectivity index (χ0n) is 27.5. The van der Waals surface area contributed by atoms with Gasteiger partial charge in [0, 0.05) is 42.9 Å². The molecule has 0 radical (unpaired) electrons. The molecule has 14 nitrogen and oxygen atoms in total. The summed E-state index contributed by atoms with van der Waals surface area (Å²) in [6, 6.07) is 17.1. The summed E-state index contributed by atoms with van der Waals surface area (Å²) in [5.41, 5.74) is 3.93. The molecule has 0 atom stereocenters. The largest absolute Gasteiger partial charge is 0.356 e. The third-order valence-corrected chi connectivity index (χ3v) is 9.02. The van der Waals surface area contributed by atoms with Crippen molar-refractivity contribution in [1.29, 1.82) is 0 Å². The van der Waals surface area contributed by atoms with Crippen LogP contribution in [0.25, 0.3) is 17.1 Å². The lowest BCUT2D eigenvalue weighted by Crippen LogP contribution is -2.26. The summed E-state index contributed by atoms with van der Waals surface area (Å²) in [6.45, 7) is 1.62. The van der Waals surface area contributed by atoms with E-state index < -0.39 is 0 Å². The second-order valence-corrected chi connectivity index (χ2v) is 13.3. The summed E-state index contributed by atoms with van der Waals surface area (Å²) in [6.07, 6.45) is 6.94. The van der Waals surface area contributed by atoms with Crippen molar-refractivity contribution in [2.75, 3.05) is 25.0 Å². The highest BCUT2D eigenvalue weighted by Crippen LogP contribution is 2.31. The van der Waals surface area contributed by atoms with Gasteiger partial charge < -0.3 is 26.6 Å². The smallest absolute Gasteiger partial charge is 0.263 e. The second kappa shape index (κ2) is 18.5. The van der Waals surface area contributed by atoms with Gasteiger partial charge in [0.25, 0.3) is 17.7 Å². The van der Waals surface area contributed by atoms with Crippen LogP contribution in [-0.2, 0) is 9.59 Å². The molecular formula is C35H36N8O6S2. The highest BCUT2D eigenvalue weighted by Gasteiger charge is 2.22. The SMILES string of the molecule is O=Nc1ccc(Nc2ccc(C(=O)NCCCCCC(=O)NCCCCCNC(=O)c3ccc(/C=C4\SC(=S)NC4=O)cc3)cc2)c2nonc12. The molecule has 1 aromatic heterocycles. The third kappa shape index (κ3) is 10.8. The van der Waals surface area contributed by atoms with E-state index in [0.29, 0.717) is 63.3 Å². The molecule has 1 saturated heterocycles. The number of carbonyl (C=O) groups is 4. The maximum atomic E-state index is 12.5. The maximum absolute atomic E-state index is 12.5. The average Bonchev–Trinajstić information content (AvgIpc) is 3.76. The number of hydrogen-bond acceptors (Lipinski definition) is 12.